The molecule has 0 aliphatic carbocycles. The van der Waals surface area contributed by atoms with Crippen LogP contribution in [0.1, 0.15) is 113 Å². The van der Waals surface area contributed by atoms with Gasteiger partial charge in [-0.2, -0.15) is 0 Å². The molecule has 8 atom stereocenters. The number of hydrogen-bond donors (Lipinski definition) is 8. The summed E-state index contributed by atoms with van der Waals surface area (Å²) in [7, 11) is 0. The highest BCUT2D eigenvalue weighted by Gasteiger charge is 2.29. The highest BCUT2D eigenvalue weighted by molar-refractivity contribution is 5.91. The third-order valence-corrected chi connectivity index (χ3v) is 9.06. The molecule has 0 saturated carbocycles. The van der Waals surface area contributed by atoms with Gasteiger partial charge in [0.05, 0.1) is 37.6 Å². The topological polar surface area (TPSA) is 325 Å². The van der Waals surface area contributed by atoms with Gasteiger partial charge in [-0.05, 0) is 63.9 Å². The Morgan fingerprint density at radius 1 is 0.825 bits per heavy atom. The number of aliphatic hydroxyl groups excluding tert-OH is 1. The van der Waals surface area contributed by atoms with Crippen molar-refractivity contribution in [2.45, 2.75) is 162 Å². The zero-order chi connectivity index (χ0) is 48.4. The van der Waals surface area contributed by atoms with Crippen LogP contribution in [-0.2, 0) is 55.8 Å². The third kappa shape index (κ3) is 27.0. The van der Waals surface area contributed by atoms with Gasteiger partial charge >= 0.3 is 35.9 Å². The molecule has 0 bridgehead atoms. The van der Waals surface area contributed by atoms with Crippen LogP contribution < -0.4 is 28.3 Å². The van der Waals surface area contributed by atoms with Crippen LogP contribution in [0.4, 0.5) is 4.79 Å². The highest BCUT2D eigenvalue weighted by Crippen LogP contribution is 2.16. The predicted molar refractivity (Wildman–Crippen MR) is 236 cm³/mol. The minimum absolute atomic E-state index is 0.0529. The molecule has 0 fully saturated rings. The molecule has 2 aromatic rings. The van der Waals surface area contributed by atoms with Gasteiger partial charge in [-0.25, -0.2) is 24.2 Å². The average Bonchev–Trinajstić information content (AvgIpc) is 3.69. The van der Waals surface area contributed by atoms with Crippen molar-refractivity contribution in [1.82, 2.24) is 15.3 Å². The lowest BCUT2D eigenvalue weighted by Gasteiger charge is -2.25. The monoisotopic (exact) mass is 894 g/mol. The maximum atomic E-state index is 12.0. The first-order valence-electron chi connectivity index (χ1n) is 21.3. The number of aliphatic hydroxyl groups is 1. The first-order chi connectivity index (χ1) is 29.3. The van der Waals surface area contributed by atoms with Crippen LogP contribution in [0.15, 0.2) is 42.9 Å². The number of carbonyl (C=O) groups excluding carboxylic acids is 5. The van der Waals surface area contributed by atoms with Crippen molar-refractivity contribution in [3.63, 3.8) is 0 Å². The second-order valence-corrected chi connectivity index (χ2v) is 17.1. The molecule has 12 N–H and O–H groups in total. The number of aromatic nitrogens is 2. The zero-order valence-electron chi connectivity index (χ0n) is 38.7. The number of aromatic amines is 1. The summed E-state index contributed by atoms with van der Waals surface area (Å²) in [6.45, 7) is 18.9. The van der Waals surface area contributed by atoms with E-state index >= 15 is 0 Å². The minimum atomic E-state index is -1.08. The number of ether oxygens (including phenoxy) is 4. The molecule has 0 radical (unpaired) electrons. The SMILES string of the molecule is CC(C)C[C@H](N)[C@H](CC(=O)O)OC(=O)C[C@H](O)[C@@H](N)CC(C)C.CCOC(=O)[C@H](Cc1ccccc1)NC(=O)OC(C)(C)C.CC[C@H](C)[C@H](N)C(=O)OC(=O)[C@@H](N)Cc1c[nH]cn1. The Balaban J connectivity index is 0.000000919. The number of carboxylic acid groups (broad SMARTS) is 1. The van der Waals surface area contributed by atoms with E-state index in [9.17, 15) is 33.9 Å². The number of nitrogens with zero attached hydrogens (tertiary/aromatic N) is 1. The largest absolute Gasteiger partial charge is 0.481 e. The van der Waals surface area contributed by atoms with E-state index in [1.54, 1.807) is 33.9 Å². The summed E-state index contributed by atoms with van der Waals surface area (Å²) in [5.41, 5.74) is 24.0. The second kappa shape index (κ2) is 30.2. The molecule has 0 unspecified atom stereocenters. The van der Waals surface area contributed by atoms with Gasteiger partial charge in [-0.3, -0.25) is 9.59 Å². The zero-order valence-corrected chi connectivity index (χ0v) is 38.7. The van der Waals surface area contributed by atoms with Crippen LogP contribution in [0.3, 0.4) is 0 Å². The number of benzene rings is 1. The highest BCUT2D eigenvalue weighted by atomic mass is 16.6. The summed E-state index contributed by atoms with van der Waals surface area (Å²) < 4.78 is 20.0. The van der Waals surface area contributed by atoms with Crippen molar-refractivity contribution < 1.29 is 57.9 Å². The number of hydrogen-bond acceptors (Lipinski definition) is 16. The number of rotatable bonds is 22. The number of nitrogens with two attached hydrogens (primary N) is 4. The number of alkyl carbamates (subject to hydrolysis) is 1. The molecule has 0 aliphatic rings. The van der Waals surface area contributed by atoms with E-state index in [0.29, 0.717) is 30.9 Å². The molecule has 358 valence electrons. The first kappa shape index (κ1) is 58.0. The van der Waals surface area contributed by atoms with Gasteiger partial charge in [0.2, 0.25) is 0 Å². The predicted octanol–water partition coefficient (Wildman–Crippen LogP) is 3.28. The van der Waals surface area contributed by atoms with Crippen molar-refractivity contribution in [3.8, 4) is 0 Å². The van der Waals surface area contributed by atoms with E-state index in [2.05, 4.69) is 20.0 Å². The van der Waals surface area contributed by atoms with Crippen LogP contribution >= 0.6 is 0 Å². The van der Waals surface area contributed by atoms with Crippen molar-refractivity contribution in [2.75, 3.05) is 6.61 Å². The summed E-state index contributed by atoms with van der Waals surface area (Å²) in [5.74, 6) is -3.25. The number of carbonyl (C=O) groups is 6. The van der Waals surface area contributed by atoms with Gasteiger partial charge < -0.3 is 62.4 Å². The molecule has 63 heavy (non-hydrogen) atoms. The van der Waals surface area contributed by atoms with Crippen molar-refractivity contribution in [2.24, 2.45) is 40.7 Å². The standard InChI is InChI=1S/C16H32N2O5.C16H23NO4.C12H20N4O3/c1-9(2)5-11(17)13(19)7-16(22)23-14(8-15(20)21)12(18)6-10(3)4;1-5-20-14(18)13(11-12-9-7-6-8-10-12)17-15(19)21-16(2,3)4;1-3-7(2)10(14)12(18)19-11(17)9(13)4-8-5-15-6-16-8/h9-14,19H,5-8,17-18H2,1-4H3,(H,20,21);6-10,13H,5,11H2,1-4H3,(H,17,19);5-7,9-10H,3-4,13-14H2,1-2H3,(H,15,16)/t11-,12-,13-,14-;13-;7-,9-,10-/m000/s1. The quantitative estimate of drug-likeness (QED) is 0.0478. The number of carboxylic acids is 1. The molecule has 0 saturated heterocycles. The van der Waals surface area contributed by atoms with Gasteiger partial charge in [0.25, 0.3) is 0 Å². The molecule has 19 nitrogen and oxygen atoms in total. The molecule has 0 aliphatic heterocycles. The average molecular weight is 894 g/mol. The van der Waals surface area contributed by atoms with E-state index in [1.807, 2.05) is 71.9 Å². The number of H-pyrrole nitrogens is 1. The van der Waals surface area contributed by atoms with E-state index < -0.39 is 84.0 Å². The lowest BCUT2D eigenvalue weighted by atomic mass is 9.97. The molecule has 1 aromatic heterocycles. The van der Waals surface area contributed by atoms with Crippen LogP contribution in [0.25, 0.3) is 0 Å². The molecule has 2 rings (SSSR count). The molecular formula is C44H75N7O12. The molecule has 19 heteroatoms. The summed E-state index contributed by atoms with van der Waals surface area (Å²) >= 11 is 0. The smallest absolute Gasteiger partial charge is 0.408 e. The molecule has 1 heterocycles. The van der Waals surface area contributed by atoms with Gasteiger partial charge in [-0.15, -0.1) is 0 Å². The lowest BCUT2D eigenvalue weighted by Crippen LogP contribution is -2.45. The normalized spacial score (nSPS) is 15.0. The Morgan fingerprint density at radius 2 is 1.41 bits per heavy atom. The maximum absolute atomic E-state index is 12.0. The van der Waals surface area contributed by atoms with Gasteiger partial charge in [-0.1, -0.05) is 78.3 Å². The fourth-order valence-corrected chi connectivity index (χ4v) is 5.57. The van der Waals surface area contributed by atoms with Crippen molar-refractivity contribution >= 4 is 35.9 Å². The van der Waals surface area contributed by atoms with E-state index in [-0.39, 0.29) is 37.7 Å². The van der Waals surface area contributed by atoms with Gasteiger partial charge in [0.1, 0.15) is 29.8 Å². The van der Waals surface area contributed by atoms with Gasteiger partial charge in [0, 0.05) is 31.1 Å². The molecule has 1 aromatic carbocycles. The molecule has 1 amide bonds. The minimum Gasteiger partial charge on any atom is -0.481 e. The van der Waals surface area contributed by atoms with Crippen LogP contribution in [0.2, 0.25) is 0 Å². The molecular weight excluding hydrogens is 819 g/mol. The summed E-state index contributed by atoms with van der Waals surface area (Å²) in [6.07, 6.45) is 2.35. The number of aliphatic carboxylic acids is 1. The Morgan fingerprint density at radius 3 is 1.90 bits per heavy atom. The van der Waals surface area contributed by atoms with E-state index in [0.717, 1.165) is 12.0 Å². The van der Waals surface area contributed by atoms with Crippen LogP contribution in [0.5, 0.6) is 0 Å². The fraction of sp³-hybridized carbons (Fsp3) is 0.659. The second-order valence-electron chi connectivity index (χ2n) is 17.1. The van der Waals surface area contributed by atoms with Crippen molar-refractivity contribution in [1.29, 1.82) is 0 Å². The molecule has 0 spiro atoms. The number of nitrogens with one attached hydrogen (secondary N) is 2. The van der Waals surface area contributed by atoms with Gasteiger partial charge in [0.15, 0.2) is 0 Å². The Hall–Kier alpha value is -4.95. The summed E-state index contributed by atoms with van der Waals surface area (Å²) in [5, 5.41) is 21.4. The summed E-state index contributed by atoms with van der Waals surface area (Å²) in [4.78, 5) is 76.6. The Labute approximate surface area is 372 Å². The summed E-state index contributed by atoms with van der Waals surface area (Å²) in [6, 6.07) is 5.85. The first-order valence-corrected chi connectivity index (χ1v) is 21.3. The van der Waals surface area contributed by atoms with Crippen molar-refractivity contribution in [3.05, 3.63) is 54.1 Å². The Bertz CT molecular complexity index is 1640. The maximum Gasteiger partial charge on any atom is 0.408 e. The number of amides is 1. The number of esters is 4. The fourth-order valence-electron chi connectivity index (χ4n) is 5.57. The van der Waals surface area contributed by atoms with Crippen LogP contribution in [0, 0.1) is 17.8 Å². The third-order valence-electron chi connectivity index (χ3n) is 9.06. The van der Waals surface area contributed by atoms with Crippen LogP contribution in [-0.4, -0.2) is 111 Å². The lowest BCUT2D eigenvalue weighted by molar-refractivity contribution is -0.162. The van der Waals surface area contributed by atoms with E-state index in [1.165, 1.54) is 6.33 Å². The van der Waals surface area contributed by atoms with E-state index in [4.69, 9.17) is 42.3 Å². The Kier molecular flexibility index (Phi) is 27.8. The number of imidazole rings is 1.